The summed E-state index contributed by atoms with van der Waals surface area (Å²) in [5, 5.41) is 3.30. The van der Waals surface area contributed by atoms with Crippen molar-refractivity contribution in [2.45, 2.75) is 18.4 Å². The van der Waals surface area contributed by atoms with E-state index < -0.39 is 5.60 Å². The Labute approximate surface area is 120 Å². The van der Waals surface area contributed by atoms with Crippen molar-refractivity contribution in [3.8, 4) is 0 Å². The maximum Gasteiger partial charge on any atom is 0.331 e. The predicted molar refractivity (Wildman–Crippen MR) is 73.7 cm³/mol. The summed E-state index contributed by atoms with van der Waals surface area (Å²) in [6.45, 7) is 1.68. The van der Waals surface area contributed by atoms with Crippen molar-refractivity contribution >= 4 is 21.9 Å². The summed E-state index contributed by atoms with van der Waals surface area (Å²) in [7, 11) is 1.36. The van der Waals surface area contributed by atoms with Gasteiger partial charge in [0.05, 0.1) is 12.7 Å². The fraction of sp³-hybridized carbons (Fsp3) is 0.538. The monoisotopic (exact) mass is 328 g/mol. The molecule has 2 heterocycles. The van der Waals surface area contributed by atoms with Gasteiger partial charge in [0, 0.05) is 22.4 Å². The molecule has 1 fully saturated rings. The summed E-state index contributed by atoms with van der Waals surface area (Å²) in [5.41, 5.74) is 0.578. The average molecular weight is 329 g/mol. The van der Waals surface area contributed by atoms with E-state index in [9.17, 15) is 4.79 Å². The molecular formula is C13H17BrN2O3. The molecule has 0 aromatic carbocycles. The minimum atomic E-state index is -0.457. The number of rotatable bonds is 4. The van der Waals surface area contributed by atoms with Gasteiger partial charge < -0.3 is 14.8 Å². The van der Waals surface area contributed by atoms with Crippen LogP contribution >= 0.6 is 15.9 Å². The van der Waals surface area contributed by atoms with Crippen LogP contribution in [0.15, 0.2) is 22.9 Å². The minimum absolute atomic E-state index is 0.0364. The molecule has 1 aromatic heterocycles. The van der Waals surface area contributed by atoms with Gasteiger partial charge in [0.15, 0.2) is 0 Å². The number of carbonyl (C=O) groups is 1. The molecule has 0 spiro atoms. The lowest BCUT2D eigenvalue weighted by Gasteiger charge is -2.38. The van der Waals surface area contributed by atoms with Crippen molar-refractivity contribution in [3.05, 3.63) is 28.5 Å². The van der Waals surface area contributed by atoms with Gasteiger partial charge in [-0.15, -0.1) is 0 Å². The topological polar surface area (TPSA) is 60.5 Å². The van der Waals surface area contributed by atoms with Gasteiger partial charge in [-0.1, -0.05) is 0 Å². The highest BCUT2D eigenvalue weighted by Crippen LogP contribution is 2.38. The second-order valence-corrected chi connectivity index (χ2v) is 5.32. The van der Waals surface area contributed by atoms with E-state index >= 15 is 0 Å². The van der Waals surface area contributed by atoms with E-state index in [0.717, 1.165) is 36.0 Å². The zero-order chi connectivity index (χ0) is 13.7. The summed E-state index contributed by atoms with van der Waals surface area (Å²) in [5.74, 6) is -0.358. The van der Waals surface area contributed by atoms with Gasteiger partial charge in [-0.2, -0.15) is 0 Å². The summed E-state index contributed by atoms with van der Waals surface area (Å²) in [6.07, 6.45) is 5.12. The fourth-order valence-electron chi connectivity index (χ4n) is 2.32. The highest BCUT2D eigenvalue weighted by Gasteiger charge is 2.37. The molecule has 0 aliphatic carbocycles. The van der Waals surface area contributed by atoms with Crippen LogP contribution < -0.4 is 5.32 Å². The summed E-state index contributed by atoms with van der Waals surface area (Å²) < 4.78 is 11.5. The number of ether oxygens (including phenoxy) is 2. The van der Waals surface area contributed by atoms with E-state index in [4.69, 9.17) is 4.74 Å². The Hall–Kier alpha value is -0.980. The number of methoxy groups -OCH3 is 1. The van der Waals surface area contributed by atoms with E-state index in [0.29, 0.717) is 0 Å². The SMILES string of the molecule is COC(=O)COC1(c2ccncc2Br)CCNCC1. The molecule has 1 aromatic rings. The number of halogens is 1. The van der Waals surface area contributed by atoms with E-state index in [1.807, 2.05) is 6.07 Å². The lowest BCUT2D eigenvalue weighted by molar-refractivity contribution is -0.156. The fourth-order valence-corrected chi connectivity index (χ4v) is 2.93. The molecule has 1 saturated heterocycles. The van der Waals surface area contributed by atoms with Crippen LogP contribution in [0.5, 0.6) is 0 Å². The molecule has 0 unspecified atom stereocenters. The number of carbonyl (C=O) groups excluding carboxylic acids is 1. The van der Waals surface area contributed by atoms with E-state index in [-0.39, 0.29) is 12.6 Å². The first-order valence-electron chi connectivity index (χ1n) is 6.19. The number of esters is 1. The van der Waals surface area contributed by atoms with Crippen LogP contribution in [0.2, 0.25) is 0 Å². The van der Waals surface area contributed by atoms with Gasteiger partial charge in [0.25, 0.3) is 0 Å². The number of pyridine rings is 1. The molecule has 104 valence electrons. The summed E-state index contributed by atoms with van der Waals surface area (Å²) in [4.78, 5) is 15.4. The Balaban J connectivity index is 2.24. The lowest BCUT2D eigenvalue weighted by Crippen LogP contribution is -2.43. The Bertz CT molecular complexity index is 447. The molecule has 2 rings (SSSR count). The second kappa shape index (κ2) is 6.45. The zero-order valence-electron chi connectivity index (χ0n) is 10.8. The first-order chi connectivity index (χ1) is 9.18. The molecule has 0 atom stereocenters. The standard InChI is InChI=1S/C13H17BrN2O3/c1-18-12(17)9-19-13(3-6-15-7-4-13)10-2-5-16-8-11(10)14/h2,5,8,15H,3-4,6-7,9H2,1H3. The number of hydrogen-bond donors (Lipinski definition) is 1. The first-order valence-corrected chi connectivity index (χ1v) is 6.99. The second-order valence-electron chi connectivity index (χ2n) is 4.46. The molecule has 6 heteroatoms. The molecular weight excluding hydrogens is 312 g/mol. The van der Waals surface area contributed by atoms with Crippen molar-refractivity contribution < 1.29 is 14.3 Å². The Morgan fingerprint density at radius 3 is 2.89 bits per heavy atom. The normalized spacial score (nSPS) is 18.0. The van der Waals surface area contributed by atoms with Crippen molar-refractivity contribution in [2.75, 3.05) is 26.8 Å². The van der Waals surface area contributed by atoms with Gasteiger partial charge in [-0.3, -0.25) is 4.98 Å². The molecule has 1 N–H and O–H groups in total. The highest BCUT2D eigenvalue weighted by atomic mass is 79.9. The molecule has 5 nitrogen and oxygen atoms in total. The molecule has 0 saturated carbocycles. The van der Waals surface area contributed by atoms with Gasteiger partial charge in [-0.25, -0.2) is 4.79 Å². The van der Waals surface area contributed by atoms with E-state index in [2.05, 4.69) is 31.0 Å². The van der Waals surface area contributed by atoms with Gasteiger partial charge >= 0.3 is 5.97 Å². The maximum atomic E-state index is 11.3. The van der Waals surface area contributed by atoms with Crippen LogP contribution in [0.1, 0.15) is 18.4 Å². The van der Waals surface area contributed by atoms with Crippen molar-refractivity contribution in [3.63, 3.8) is 0 Å². The smallest absolute Gasteiger partial charge is 0.331 e. The number of aromatic nitrogens is 1. The Kier molecular flexibility index (Phi) is 4.90. The van der Waals surface area contributed by atoms with Crippen LogP contribution in [-0.2, 0) is 19.9 Å². The molecule has 0 radical (unpaired) electrons. The van der Waals surface area contributed by atoms with E-state index in [1.54, 1.807) is 12.4 Å². The molecule has 19 heavy (non-hydrogen) atoms. The third-order valence-corrected chi connectivity index (χ3v) is 4.00. The van der Waals surface area contributed by atoms with E-state index in [1.165, 1.54) is 7.11 Å². The largest absolute Gasteiger partial charge is 0.467 e. The first kappa shape index (κ1) is 14.4. The van der Waals surface area contributed by atoms with Crippen LogP contribution in [0, 0.1) is 0 Å². The van der Waals surface area contributed by atoms with Crippen molar-refractivity contribution in [2.24, 2.45) is 0 Å². The number of piperidine rings is 1. The third kappa shape index (κ3) is 3.32. The molecule has 0 bridgehead atoms. The number of nitrogens with zero attached hydrogens (tertiary/aromatic N) is 1. The molecule has 0 amide bonds. The van der Waals surface area contributed by atoms with Gasteiger partial charge in [0.2, 0.25) is 0 Å². The maximum absolute atomic E-state index is 11.3. The molecule has 1 aliphatic rings. The quantitative estimate of drug-likeness (QED) is 0.851. The van der Waals surface area contributed by atoms with Gasteiger partial charge in [0.1, 0.15) is 6.61 Å². The Morgan fingerprint density at radius 1 is 1.53 bits per heavy atom. The van der Waals surface area contributed by atoms with Crippen LogP contribution in [0.25, 0.3) is 0 Å². The van der Waals surface area contributed by atoms with Crippen LogP contribution in [-0.4, -0.2) is 37.8 Å². The van der Waals surface area contributed by atoms with Gasteiger partial charge in [-0.05, 0) is 47.9 Å². The van der Waals surface area contributed by atoms with Crippen molar-refractivity contribution in [1.82, 2.24) is 10.3 Å². The molecule has 1 aliphatic heterocycles. The van der Waals surface area contributed by atoms with Crippen molar-refractivity contribution in [1.29, 1.82) is 0 Å². The number of nitrogens with one attached hydrogen (secondary N) is 1. The predicted octanol–water partition coefficient (Wildman–Crippen LogP) is 1.61. The summed E-state index contributed by atoms with van der Waals surface area (Å²) in [6, 6.07) is 1.94. The third-order valence-electron chi connectivity index (χ3n) is 3.37. The number of hydrogen-bond acceptors (Lipinski definition) is 5. The zero-order valence-corrected chi connectivity index (χ0v) is 12.4. The lowest BCUT2D eigenvalue weighted by atomic mass is 9.85. The minimum Gasteiger partial charge on any atom is -0.467 e. The van der Waals surface area contributed by atoms with Crippen LogP contribution in [0.3, 0.4) is 0 Å². The highest BCUT2D eigenvalue weighted by molar-refractivity contribution is 9.10. The Morgan fingerprint density at radius 2 is 2.26 bits per heavy atom. The summed E-state index contributed by atoms with van der Waals surface area (Å²) >= 11 is 3.51. The average Bonchev–Trinajstić information content (AvgIpc) is 2.46. The van der Waals surface area contributed by atoms with Crippen LogP contribution in [0.4, 0.5) is 0 Å².